The van der Waals surface area contributed by atoms with Gasteiger partial charge in [-0.2, -0.15) is 0 Å². The Morgan fingerprint density at radius 2 is 1.35 bits per heavy atom. The number of nitrogens with one attached hydrogen (secondary N) is 2. The fourth-order valence-electron chi connectivity index (χ4n) is 2.87. The second kappa shape index (κ2) is 11.1. The number of rotatable bonds is 8. The van der Waals surface area contributed by atoms with E-state index in [0.717, 1.165) is 26.7 Å². The van der Waals surface area contributed by atoms with E-state index in [0.29, 0.717) is 17.7 Å². The Labute approximate surface area is 198 Å². The molecule has 31 heavy (non-hydrogen) atoms. The van der Waals surface area contributed by atoms with Crippen LogP contribution in [-0.2, 0) is 0 Å². The van der Waals surface area contributed by atoms with Gasteiger partial charge in [-0.3, -0.25) is 9.59 Å². The maximum Gasteiger partial charge on any atom is 0.253 e. The van der Waals surface area contributed by atoms with Crippen molar-refractivity contribution in [2.24, 2.45) is 0 Å². The zero-order chi connectivity index (χ0) is 22.2. The van der Waals surface area contributed by atoms with Crippen LogP contribution >= 0.6 is 31.9 Å². The molecule has 0 heterocycles. The molecule has 3 aromatic carbocycles. The first-order valence-electron chi connectivity index (χ1n) is 9.82. The minimum Gasteiger partial charge on any atom is -0.494 e. The number of halogens is 2. The van der Waals surface area contributed by atoms with E-state index in [1.807, 2.05) is 43.3 Å². The van der Waals surface area contributed by atoms with E-state index in [4.69, 9.17) is 4.74 Å². The molecule has 0 fully saturated rings. The van der Waals surface area contributed by atoms with Gasteiger partial charge in [-0.25, -0.2) is 0 Å². The highest BCUT2D eigenvalue weighted by Crippen LogP contribution is 2.19. The summed E-state index contributed by atoms with van der Waals surface area (Å²) in [6, 6.07) is 21.5. The molecule has 160 valence electrons. The smallest absolute Gasteiger partial charge is 0.253 e. The molecule has 0 saturated heterocycles. The average Bonchev–Trinajstić information content (AvgIpc) is 2.77. The minimum atomic E-state index is -0.724. The molecule has 0 bridgehead atoms. The van der Waals surface area contributed by atoms with Gasteiger partial charge in [0.25, 0.3) is 11.8 Å². The Morgan fingerprint density at radius 3 is 1.81 bits per heavy atom. The summed E-state index contributed by atoms with van der Waals surface area (Å²) in [5.74, 6) is 0.139. The summed E-state index contributed by atoms with van der Waals surface area (Å²) in [6.07, 6.45) is 0.189. The van der Waals surface area contributed by atoms with E-state index in [2.05, 4.69) is 42.5 Å². The molecule has 3 aromatic rings. The Balaban J connectivity index is 1.84. The fourth-order valence-corrected chi connectivity index (χ4v) is 3.67. The number of hydrogen-bond donors (Lipinski definition) is 2. The quantitative estimate of drug-likeness (QED) is 0.348. The zero-order valence-electron chi connectivity index (χ0n) is 16.9. The molecule has 0 aliphatic carbocycles. The molecule has 2 amide bonds. The van der Waals surface area contributed by atoms with Crippen molar-refractivity contribution in [3.8, 4) is 5.75 Å². The van der Waals surface area contributed by atoms with Gasteiger partial charge in [0.05, 0.1) is 6.61 Å². The molecule has 7 heteroatoms. The first-order valence-corrected chi connectivity index (χ1v) is 11.4. The van der Waals surface area contributed by atoms with Gasteiger partial charge in [0.2, 0.25) is 0 Å². The molecule has 0 aliphatic heterocycles. The number of hydrogen-bond acceptors (Lipinski definition) is 3. The molecular weight excluding hydrogens is 524 g/mol. The normalized spacial score (nSPS) is 10.6. The van der Waals surface area contributed by atoms with Crippen molar-refractivity contribution in [3.63, 3.8) is 0 Å². The van der Waals surface area contributed by atoms with Gasteiger partial charge in [0.15, 0.2) is 0 Å². The number of amides is 2. The van der Waals surface area contributed by atoms with Gasteiger partial charge in [0.1, 0.15) is 11.9 Å². The first-order chi connectivity index (χ1) is 15.0. The standard InChI is InChI=1S/C24H22Br2N2O3/c1-2-13-31-21-11-9-16(10-12-21)22(27-23(29)17-5-3-7-19(25)14-17)28-24(30)18-6-4-8-20(26)15-18/h3-12,14-15,22H,2,13H2,1H3,(H,27,29)(H,28,30). The summed E-state index contributed by atoms with van der Waals surface area (Å²) in [6.45, 7) is 2.67. The van der Waals surface area contributed by atoms with Gasteiger partial charge in [0, 0.05) is 20.1 Å². The van der Waals surface area contributed by atoms with Crippen LogP contribution in [-0.4, -0.2) is 18.4 Å². The van der Waals surface area contributed by atoms with Gasteiger partial charge in [-0.05, 0) is 60.5 Å². The van der Waals surface area contributed by atoms with Crippen LogP contribution in [0.15, 0.2) is 81.7 Å². The molecular formula is C24H22Br2N2O3. The monoisotopic (exact) mass is 544 g/mol. The molecule has 0 aromatic heterocycles. The van der Waals surface area contributed by atoms with Crippen LogP contribution < -0.4 is 15.4 Å². The van der Waals surface area contributed by atoms with E-state index >= 15 is 0 Å². The molecule has 0 aliphatic rings. The van der Waals surface area contributed by atoms with E-state index in [-0.39, 0.29) is 11.8 Å². The molecule has 3 rings (SSSR count). The Morgan fingerprint density at radius 1 is 0.839 bits per heavy atom. The van der Waals surface area contributed by atoms with Crippen molar-refractivity contribution in [1.29, 1.82) is 0 Å². The van der Waals surface area contributed by atoms with Gasteiger partial charge in [-0.1, -0.05) is 63.0 Å². The molecule has 5 nitrogen and oxygen atoms in total. The maximum absolute atomic E-state index is 12.8. The van der Waals surface area contributed by atoms with Crippen LogP contribution in [0.4, 0.5) is 0 Å². The van der Waals surface area contributed by atoms with E-state index in [9.17, 15) is 9.59 Å². The summed E-state index contributed by atoms with van der Waals surface area (Å²) in [4.78, 5) is 25.7. The molecule has 0 saturated carbocycles. The van der Waals surface area contributed by atoms with Crippen molar-refractivity contribution in [2.75, 3.05) is 6.61 Å². The van der Waals surface area contributed by atoms with Crippen molar-refractivity contribution < 1.29 is 14.3 Å². The third kappa shape index (κ3) is 6.67. The van der Waals surface area contributed by atoms with Crippen LogP contribution in [0.2, 0.25) is 0 Å². The number of ether oxygens (including phenoxy) is 1. The topological polar surface area (TPSA) is 67.4 Å². The molecule has 0 radical (unpaired) electrons. The summed E-state index contributed by atoms with van der Waals surface area (Å²) in [5, 5.41) is 5.82. The van der Waals surface area contributed by atoms with Crippen molar-refractivity contribution in [2.45, 2.75) is 19.5 Å². The lowest BCUT2D eigenvalue weighted by Crippen LogP contribution is -2.41. The summed E-state index contributed by atoms with van der Waals surface area (Å²) < 4.78 is 7.23. The fraction of sp³-hybridized carbons (Fsp3) is 0.167. The minimum absolute atomic E-state index is 0.299. The van der Waals surface area contributed by atoms with Crippen molar-refractivity contribution >= 4 is 43.7 Å². The van der Waals surface area contributed by atoms with Crippen LogP contribution in [0, 0.1) is 0 Å². The highest BCUT2D eigenvalue weighted by molar-refractivity contribution is 9.10. The lowest BCUT2D eigenvalue weighted by atomic mass is 10.1. The van der Waals surface area contributed by atoms with E-state index < -0.39 is 6.17 Å². The number of carbonyl (C=O) groups is 2. The van der Waals surface area contributed by atoms with Crippen LogP contribution in [0.25, 0.3) is 0 Å². The predicted octanol–water partition coefficient (Wildman–Crippen LogP) is 5.86. The molecule has 0 unspecified atom stereocenters. The van der Waals surface area contributed by atoms with Gasteiger partial charge < -0.3 is 15.4 Å². The zero-order valence-corrected chi connectivity index (χ0v) is 20.1. The lowest BCUT2D eigenvalue weighted by Gasteiger charge is -2.21. The highest BCUT2D eigenvalue weighted by Gasteiger charge is 2.19. The number of carbonyl (C=O) groups excluding carboxylic acids is 2. The Hall–Kier alpha value is -2.64. The summed E-state index contributed by atoms with van der Waals surface area (Å²) >= 11 is 6.76. The third-order valence-electron chi connectivity index (χ3n) is 4.41. The van der Waals surface area contributed by atoms with Crippen molar-refractivity contribution in [1.82, 2.24) is 10.6 Å². The second-order valence-corrected chi connectivity index (χ2v) is 8.65. The molecule has 2 N–H and O–H groups in total. The van der Waals surface area contributed by atoms with Gasteiger partial charge >= 0.3 is 0 Å². The molecule has 0 spiro atoms. The number of benzene rings is 3. The Bertz CT molecular complexity index is 995. The molecule has 0 atom stereocenters. The van der Waals surface area contributed by atoms with E-state index in [1.54, 1.807) is 36.4 Å². The third-order valence-corrected chi connectivity index (χ3v) is 5.40. The lowest BCUT2D eigenvalue weighted by molar-refractivity contribution is 0.0883. The Kier molecular flexibility index (Phi) is 8.26. The predicted molar refractivity (Wildman–Crippen MR) is 128 cm³/mol. The SMILES string of the molecule is CCCOc1ccc(C(NC(=O)c2cccc(Br)c2)NC(=O)c2cccc(Br)c2)cc1. The van der Waals surface area contributed by atoms with Gasteiger partial charge in [-0.15, -0.1) is 0 Å². The summed E-state index contributed by atoms with van der Waals surface area (Å²) in [5.41, 5.74) is 1.70. The maximum atomic E-state index is 12.8. The highest BCUT2D eigenvalue weighted by atomic mass is 79.9. The van der Waals surface area contributed by atoms with Crippen LogP contribution in [0.3, 0.4) is 0 Å². The second-order valence-electron chi connectivity index (χ2n) is 6.82. The first kappa shape index (κ1) is 23.0. The van der Waals surface area contributed by atoms with E-state index in [1.165, 1.54) is 0 Å². The van der Waals surface area contributed by atoms with Crippen LogP contribution in [0.5, 0.6) is 5.75 Å². The largest absolute Gasteiger partial charge is 0.494 e. The van der Waals surface area contributed by atoms with Crippen molar-refractivity contribution in [3.05, 3.63) is 98.4 Å². The van der Waals surface area contributed by atoms with Crippen LogP contribution in [0.1, 0.15) is 45.8 Å². The average molecular weight is 546 g/mol. The summed E-state index contributed by atoms with van der Waals surface area (Å²) in [7, 11) is 0.